The summed E-state index contributed by atoms with van der Waals surface area (Å²) in [5, 5.41) is 14.1. The van der Waals surface area contributed by atoms with Crippen molar-refractivity contribution in [1.29, 1.82) is 0 Å². The lowest BCUT2D eigenvalue weighted by atomic mass is 10.0. The van der Waals surface area contributed by atoms with Gasteiger partial charge in [0, 0.05) is 37.6 Å². The number of carbonyl (C=O) groups is 2. The van der Waals surface area contributed by atoms with Gasteiger partial charge >= 0.3 is 0 Å². The topological polar surface area (TPSA) is 102 Å². The van der Waals surface area contributed by atoms with Crippen molar-refractivity contribution in [3.63, 3.8) is 0 Å². The molecule has 1 aliphatic rings. The molecule has 1 aliphatic heterocycles. The van der Waals surface area contributed by atoms with Crippen LogP contribution in [0.4, 0.5) is 11.4 Å². The van der Waals surface area contributed by atoms with Gasteiger partial charge in [-0.1, -0.05) is 18.2 Å². The lowest BCUT2D eigenvalue weighted by Gasteiger charge is -2.15. The summed E-state index contributed by atoms with van der Waals surface area (Å²) >= 11 is 0. The summed E-state index contributed by atoms with van der Waals surface area (Å²) in [4.78, 5) is 37.8. The van der Waals surface area contributed by atoms with Gasteiger partial charge in [-0.2, -0.15) is 0 Å². The van der Waals surface area contributed by atoms with Crippen molar-refractivity contribution in [2.45, 2.75) is 20.3 Å². The number of anilines is 1. The minimum atomic E-state index is -0.508. The number of carbonyl (C=O) groups excluding carboxylic acids is 2. The summed E-state index contributed by atoms with van der Waals surface area (Å²) < 4.78 is 5.31. The molecular formula is C22H23N3O5. The predicted octanol–water partition coefficient (Wildman–Crippen LogP) is 3.52. The maximum absolute atomic E-state index is 13.1. The van der Waals surface area contributed by atoms with Gasteiger partial charge in [0.2, 0.25) is 0 Å². The Hall–Kier alpha value is -3.52. The molecule has 1 heterocycles. The second-order valence-electron chi connectivity index (χ2n) is 6.81. The third kappa shape index (κ3) is 4.38. The zero-order valence-electron chi connectivity index (χ0n) is 16.9. The Morgan fingerprint density at radius 2 is 1.77 bits per heavy atom. The highest BCUT2D eigenvalue weighted by molar-refractivity contribution is 6.36. The van der Waals surface area contributed by atoms with Gasteiger partial charge in [0.25, 0.3) is 17.5 Å². The molecule has 2 amide bonds. The van der Waals surface area contributed by atoms with E-state index in [0.29, 0.717) is 30.9 Å². The first-order chi connectivity index (χ1) is 14.4. The van der Waals surface area contributed by atoms with Crippen LogP contribution in [0.1, 0.15) is 24.5 Å². The van der Waals surface area contributed by atoms with Crippen LogP contribution < -0.4 is 5.32 Å². The van der Waals surface area contributed by atoms with E-state index >= 15 is 0 Å². The summed E-state index contributed by atoms with van der Waals surface area (Å²) in [5.74, 6) is -0.852. The molecule has 3 rings (SSSR count). The highest BCUT2D eigenvalue weighted by Crippen LogP contribution is 2.32. The number of ether oxygens (including phenoxy) is 1. The zero-order valence-corrected chi connectivity index (χ0v) is 16.9. The molecule has 2 aromatic carbocycles. The first kappa shape index (κ1) is 21.2. The van der Waals surface area contributed by atoms with Crippen molar-refractivity contribution >= 4 is 28.8 Å². The van der Waals surface area contributed by atoms with Crippen molar-refractivity contribution in [2.75, 3.05) is 25.1 Å². The van der Waals surface area contributed by atoms with Gasteiger partial charge in [-0.15, -0.1) is 0 Å². The highest BCUT2D eigenvalue weighted by atomic mass is 16.6. The van der Waals surface area contributed by atoms with E-state index in [0.717, 1.165) is 5.56 Å². The minimum Gasteiger partial charge on any atom is -0.382 e. The normalized spacial score (nSPS) is 13.9. The van der Waals surface area contributed by atoms with E-state index < -0.39 is 16.7 Å². The number of nitro benzene ring substituents is 1. The molecule has 0 radical (unpaired) electrons. The first-order valence-electron chi connectivity index (χ1n) is 9.69. The smallest absolute Gasteiger partial charge is 0.278 e. The number of para-hydroxylation sites is 1. The summed E-state index contributed by atoms with van der Waals surface area (Å²) in [5.41, 5.74) is 2.36. The van der Waals surface area contributed by atoms with Crippen LogP contribution in [0.3, 0.4) is 0 Å². The number of benzene rings is 2. The molecule has 156 valence electrons. The summed E-state index contributed by atoms with van der Waals surface area (Å²) in [7, 11) is 0. The molecule has 1 N–H and O–H groups in total. The van der Waals surface area contributed by atoms with E-state index in [9.17, 15) is 19.7 Å². The summed E-state index contributed by atoms with van der Waals surface area (Å²) in [6.07, 6.45) is 0.524. The summed E-state index contributed by atoms with van der Waals surface area (Å²) in [6, 6.07) is 13.1. The molecule has 0 fully saturated rings. The molecule has 8 heteroatoms. The maximum Gasteiger partial charge on any atom is 0.278 e. The van der Waals surface area contributed by atoms with Gasteiger partial charge in [0.05, 0.1) is 10.5 Å². The van der Waals surface area contributed by atoms with Crippen LogP contribution in [0.25, 0.3) is 5.57 Å². The summed E-state index contributed by atoms with van der Waals surface area (Å²) in [6.45, 7) is 5.02. The van der Waals surface area contributed by atoms with Gasteiger partial charge in [0.1, 0.15) is 5.70 Å². The standard InChI is InChI=1S/C22H23N3O5/c1-3-30-14-6-13-24-21(26)19(16-9-11-17(12-10-16)25(28)29)20(22(24)27)23-18-8-5-4-7-15(18)2/h4-5,7-12,23H,3,6,13-14H2,1-2H3. The van der Waals surface area contributed by atoms with E-state index in [1.54, 1.807) is 0 Å². The predicted molar refractivity (Wildman–Crippen MR) is 113 cm³/mol. The third-order valence-corrected chi connectivity index (χ3v) is 4.81. The molecule has 30 heavy (non-hydrogen) atoms. The Kier molecular flexibility index (Phi) is 6.58. The number of hydrogen-bond donors (Lipinski definition) is 1. The quantitative estimate of drug-likeness (QED) is 0.294. The van der Waals surface area contributed by atoms with Crippen LogP contribution in [0, 0.1) is 17.0 Å². The first-order valence-corrected chi connectivity index (χ1v) is 9.69. The molecule has 8 nitrogen and oxygen atoms in total. The Morgan fingerprint density at radius 1 is 1.07 bits per heavy atom. The lowest BCUT2D eigenvalue weighted by Crippen LogP contribution is -2.34. The van der Waals surface area contributed by atoms with Gasteiger partial charge in [0.15, 0.2) is 0 Å². The molecule has 0 aliphatic carbocycles. The molecular weight excluding hydrogens is 386 g/mol. The Balaban J connectivity index is 1.97. The fourth-order valence-corrected chi connectivity index (χ4v) is 3.23. The number of aryl methyl sites for hydroxylation is 1. The van der Waals surface area contributed by atoms with Crippen molar-refractivity contribution in [3.8, 4) is 0 Å². The van der Waals surface area contributed by atoms with Crippen molar-refractivity contribution < 1.29 is 19.2 Å². The van der Waals surface area contributed by atoms with Gasteiger partial charge in [-0.3, -0.25) is 24.6 Å². The number of amides is 2. The largest absolute Gasteiger partial charge is 0.382 e. The lowest BCUT2D eigenvalue weighted by molar-refractivity contribution is -0.384. The second kappa shape index (κ2) is 9.32. The Morgan fingerprint density at radius 3 is 2.40 bits per heavy atom. The molecule has 0 unspecified atom stereocenters. The number of nitrogens with zero attached hydrogens (tertiary/aromatic N) is 2. The average Bonchev–Trinajstić information content (AvgIpc) is 2.97. The van der Waals surface area contributed by atoms with Crippen molar-refractivity contribution in [1.82, 2.24) is 4.90 Å². The Bertz CT molecular complexity index is 998. The van der Waals surface area contributed by atoms with Crippen LogP contribution in [-0.2, 0) is 14.3 Å². The van der Waals surface area contributed by atoms with Crippen LogP contribution in [0.15, 0.2) is 54.2 Å². The molecule has 0 saturated carbocycles. The maximum atomic E-state index is 13.1. The van der Waals surface area contributed by atoms with E-state index in [4.69, 9.17) is 4.74 Å². The van der Waals surface area contributed by atoms with E-state index in [1.807, 2.05) is 38.1 Å². The van der Waals surface area contributed by atoms with Gasteiger partial charge < -0.3 is 10.1 Å². The number of nitro groups is 1. The molecule has 2 aromatic rings. The molecule has 0 saturated heterocycles. The molecule has 0 bridgehead atoms. The minimum absolute atomic E-state index is 0.0851. The van der Waals surface area contributed by atoms with E-state index in [-0.39, 0.29) is 23.5 Å². The number of rotatable bonds is 9. The fraction of sp³-hybridized carbons (Fsp3) is 0.273. The van der Waals surface area contributed by atoms with Crippen LogP contribution in [-0.4, -0.2) is 41.4 Å². The molecule has 0 atom stereocenters. The average molecular weight is 409 g/mol. The third-order valence-electron chi connectivity index (χ3n) is 4.81. The van der Waals surface area contributed by atoms with Crippen LogP contribution in [0.2, 0.25) is 0 Å². The van der Waals surface area contributed by atoms with Gasteiger partial charge in [-0.05, 0) is 49.6 Å². The van der Waals surface area contributed by atoms with Crippen molar-refractivity contribution in [3.05, 3.63) is 75.5 Å². The number of hydrogen-bond acceptors (Lipinski definition) is 6. The molecule has 0 spiro atoms. The van der Waals surface area contributed by atoms with Crippen LogP contribution >= 0.6 is 0 Å². The molecule has 0 aromatic heterocycles. The Labute approximate surface area is 174 Å². The number of imide groups is 1. The van der Waals surface area contributed by atoms with E-state index in [2.05, 4.69) is 5.32 Å². The SMILES string of the molecule is CCOCCCN1C(=O)C(Nc2ccccc2C)=C(c2ccc([N+](=O)[O-])cc2)C1=O. The second-order valence-corrected chi connectivity index (χ2v) is 6.81. The number of nitrogens with one attached hydrogen (secondary N) is 1. The van der Waals surface area contributed by atoms with Crippen LogP contribution in [0.5, 0.6) is 0 Å². The number of non-ortho nitro benzene ring substituents is 1. The van der Waals surface area contributed by atoms with Gasteiger partial charge in [-0.25, -0.2) is 0 Å². The van der Waals surface area contributed by atoms with E-state index in [1.165, 1.54) is 29.2 Å². The fourth-order valence-electron chi connectivity index (χ4n) is 3.23. The monoisotopic (exact) mass is 409 g/mol. The zero-order chi connectivity index (χ0) is 21.7. The highest BCUT2D eigenvalue weighted by Gasteiger charge is 2.39. The van der Waals surface area contributed by atoms with Crippen molar-refractivity contribution in [2.24, 2.45) is 0 Å².